The average molecular weight is 455 g/mol. The Morgan fingerprint density at radius 1 is 1.44 bits per heavy atom. The second-order valence-corrected chi connectivity index (χ2v) is 6.37. The minimum absolute atomic E-state index is 0.132. The molecule has 6 heteroatoms. The summed E-state index contributed by atoms with van der Waals surface area (Å²) in [7, 11) is 0. The lowest BCUT2D eigenvalue weighted by molar-refractivity contribution is -0.756. The van der Waals surface area contributed by atoms with Crippen molar-refractivity contribution in [1.29, 1.82) is 0 Å². The Labute approximate surface area is 124 Å². The molecule has 4 nitrogen and oxygen atoms in total. The zero-order chi connectivity index (χ0) is 12.4. The van der Waals surface area contributed by atoms with E-state index in [0.717, 1.165) is 9.84 Å². The Morgan fingerprint density at radius 2 is 2.06 bits per heavy atom. The number of nitrogens with zero attached hydrogens (tertiary/aromatic N) is 1. The molecule has 1 rings (SSSR count). The van der Waals surface area contributed by atoms with Crippen LogP contribution in [0.5, 0.6) is 0 Å². The van der Waals surface area contributed by atoms with Crippen molar-refractivity contribution >= 4 is 45.2 Å². The molecule has 0 aromatic carbocycles. The summed E-state index contributed by atoms with van der Waals surface area (Å²) in [5.74, 6) is 1.11. The third-order valence-electron chi connectivity index (χ3n) is 2.28. The Bertz CT molecular complexity index is 193. The molecule has 0 bridgehead atoms. The second kappa shape index (κ2) is 10.8. The molecule has 0 aliphatic heterocycles. The van der Waals surface area contributed by atoms with E-state index >= 15 is 0 Å². The molecule has 1 aliphatic rings. The first kappa shape index (κ1) is 16.7. The van der Waals surface area contributed by atoms with Crippen LogP contribution >= 0.6 is 45.2 Å². The normalized spacial score (nSPS) is 21.9. The van der Waals surface area contributed by atoms with E-state index in [-0.39, 0.29) is 6.61 Å². The summed E-state index contributed by atoms with van der Waals surface area (Å²) in [6, 6.07) is 0. The van der Waals surface area contributed by atoms with Crippen LogP contribution in [0.3, 0.4) is 0 Å². The van der Waals surface area contributed by atoms with Crippen LogP contribution in [0.4, 0.5) is 0 Å². The van der Waals surface area contributed by atoms with E-state index in [1.165, 1.54) is 36.5 Å². The van der Waals surface area contributed by atoms with Crippen LogP contribution < -0.4 is 0 Å². The van der Waals surface area contributed by atoms with Crippen LogP contribution in [0, 0.1) is 16.0 Å². The van der Waals surface area contributed by atoms with Gasteiger partial charge in [0.25, 0.3) is 5.09 Å². The molecule has 0 heterocycles. The number of halogens is 2. The van der Waals surface area contributed by atoms with Crippen molar-refractivity contribution in [2.24, 2.45) is 5.92 Å². The summed E-state index contributed by atoms with van der Waals surface area (Å²) in [4.78, 5) is 12.9. The molecule has 0 N–H and O–H groups in total. The van der Waals surface area contributed by atoms with Crippen molar-refractivity contribution in [2.45, 2.75) is 43.0 Å². The molecule has 1 fully saturated rings. The largest absolute Gasteiger partial charge is 0.314 e. The lowest BCUT2D eigenvalue weighted by atomic mass is 10.1. The number of alkyl halides is 2. The van der Waals surface area contributed by atoms with Gasteiger partial charge in [0, 0.05) is 3.92 Å². The molecule has 0 spiro atoms. The van der Waals surface area contributed by atoms with Gasteiger partial charge in [0.05, 0.1) is 6.61 Å². The first-order chi connectivity index (χ1) is 7.61. The molecular formula is C10H19I2NO3. The fourth-order valence-corrected chi connectivity index (χ4v) is 2.84. The highest BCUT2D eigenvalue weighted by atomic mass is 127. The van der Waals surface area contributed by atoms with Gasteiger partial charge in [-0.25, -0.2) is 0 Å². The van der Waals surface area contributed by atoms with Gasteiger partial charge >= 0.3 is 0 Å². The molecule has 0 amide bonds. The number of rotatable bonds is 7. The maximum absolute atomic E-state index is 9.18. The fraction of sp³-hybridized carbons (Fsp3) is 1.00. The minimum Gasteiger partial charge on any atom is -0.314 e. The second-order valence-electron chi connectivity index (χ2n) is 3.69. The van der Waals surface area contributed by atoms with E-state index in [1.807, 2.05) is 0 Å². The summed E-state index contributed by atoms with van der Waals surface area (Å²) in [5, 5.41) is 8.36. The van der Waals surface area contributed by atoms with Crippen molar-refractivity contribution in [2.75, 3.05) is 11.0 Å². The van der Waals surface area contributed by atoms with E-state index < -0.39 is 5.09 Å². The van der Waals surface area contributed by atoms with Gasteiger partial charge in [0.15, 0.2) is 0 Å². The maximum atomic E-state index is 9.18. The minimum atomic E-state index is -0.819. The van der Waals surface area contributed by atoms with Crippen LogP contribution in [-0.2, 0) is 4.84 Å². The average Bonchev–Trinajstić information content (AvgIpc) is 2.90. The molecule has 0 aromatic heterocycles. The molecule has 2 atom stereocenters. The van der Waals surface area contributed by atoms with Crippen molar-refractivity contribution in [1.82, 2.24) is 0 Å². The summed E-state index contributed by atoms with van der Waals surface area (Å²) in [6.45, 7) is 1.69. The molecular weight excluding hydrogens is 436 g/mol. The predicted molar refractivity (Wildman–Crippen MR) is 81.9 cm³/mol. The SMILES string of the molecule is CCO[N+](=O)[O-].ICCCCCC1CC1I. The monoisotopic (exact) mass is 455 g/mol. The molecule has 2 unspecified atom stereocenters. The first-order valence-electron chi connectivity index (χ1n) is 5.59. The Hall–Kier alpha value is 0.660. The van der Waals surface area contributed by atoms with Gasteiger partial charge in [-0.3, -0.25) is 0 Å². The molecule has 0 aromatic rings. The highest BCUT2D eigenvalue weighted by Gasteiger charge is 2.33. The summed E-state index contributed by atoms with van der Waals surface area (Å²) in [5.41, 5.74) is 0. The quantitative estimate of drug-likeness (QED) is 0.192. The lowest BCUT2D eigenvalue weighted by Gasteiger charge is -1.95. The summed E-state index contributed by atoms with van der Waals surface area (Å²) < 4.78 is 2.38. The van der Waals surface area contributed by atoms with Gasteiger partial charge in [-0.1, -0.05) is 58.0 Å². The van der Waals surface area contributed by atoms with Gasteiger partial charge in [-0.05, 0) is 36.5 Å². The molecule has 96 valence electrons. The Morgan fingerprint density at radius 3 is 2.38 bits per heavy atom. The van der Waals surface area contributed by atoms with Gasteiger partial charge < -0.3 is 4.84 Å². The first-order valence-corrected chi connectivity index (χ1v) is 8.36. The summed E-state index contributed by atoms with van der Waals surface area (Å²) in [6.07, 6.45) is 7.38. The van der Waals surface area contributed by atoms with Crippen LogP contribution in [-0.4, -0.2) is 20.0 Å². The Balaban J connectivity index is 0.000000325. The molecule has 16 heavy (non-hydrogen) atoms. The topological polar surface area (TPSA) is 52.4 Å². The van der Waals surface area contributed by atoms with Crippen molar-refractivity contribution < 1.29 is 9.92 Å². The van der Waals surface area contributed by atoms with Crippen LogP contribution in [0.1, 0.15) is 39.0 Å². The van der Waals surface area contributed by atoms with Crippen LogP contribution in [0.15, 0.2) is 0 Å². The standard InChI is InChI=1S/C8H14I2.C2H5NO3/c9-5-3-1-2-4-7-6-8(7)10;1-2-6-3(4)5/h7-8H,1-6H2;2H2,1H3. The van der Waals surface area contributed by atoms with Crippen molar-refractivity contribution in [3.63, 3.8) is 0 Å². The molecule has 1 aliphatic carbocycles. The van der Waals surface area contributed by atoms with E-state index in [2.05, 4.69) is 50.0 Å². The van der Waals surface area contributed by atoms with Crippen LogP contribution in [0.2, 0.25) is 0 Å². The highest BCUT2D eigenvalue weighted by molar-refractivity contribution is 14.1. The van der Waals surface area contributed by atoms with E-state index in [1.54, 1.807) is 6.92 Å². The smallest absolute Gasteiger partial charge is 0.294 e. The fourth-order valence-electron chi connectivity index (χ4n) is 1.29. The zero-order valence-electron chi connectivity index (χ0n) is 9.53. The predicted octanol–water partition coefficient (Wildman–Crippen LogP) is 4.02. The van der Waals surface area contributed by atoms with E-state index in [4.69, 9.17) is 0 Å². The van der Waals surface area contributed by atoms with E-state index in [9.17, 15) is 10.1 Å². The van der Waals surface area contributed by atoms with Crippen LogP contribution in [0.25, 0.3) is 0 Å². The van der Waals surface area contributed by atoms with Crippen molar-refractivity contribution in [3.05, 3.63) is 10.1 Å². The van der Waals surface area contributed by atoms with Crippen molar-refractivity contribution in [3.8, 4) is 0 Å². The molecule has 1 saturated carbocycles. The molecule has 0 saturated heterocycles. The number of hydrogen-bond acceptors (Lipinski definition) is 3. The third kappa shape index (κ3) is 11.2. The lowest BCUT2D eigenvalue weighted by Crippen LogP contribution is -1.97. The number of unbranched alkanes of at least 4 members (excludes halogenated alkanes) is 2. The summed E-state index contributed by atoms with van der Waals surface area (Å²) >= 11 is 5.04. The van der Waals surface area contributed by atoms with E-state index in [0.29, 0.717) is 0 Å². The highest BCUT2D eigenvalue weighted by Crippen LogP contribution is 2.41. The molecule has 0 radical (unpaired) electrons. The maximum Gasteiger partial charge on any atom is 0.294 e. The van der Waals surface area contributed by atoms with Gasteiger partial charge in [-0.2, -0.15) is 0 Å². The zero-order valence-corrected chi connectivity index (χ0v) is 13.8. The number of hydrogen-bond donors (Lipinski definition) is 0. The van der Waals surface area contributed by atoms with Gasteiger partial charge in [-0.15, -0.1) is 10.1 Å². The van der Waals surface area contributed by atoms with Gasteiger partial charge in [0.1, 0.15) is 0 Å². The van der Waals surface area contributed by atoms with Gasteiger partial charge in [0.2, 0.25) is 0 Å². The third-order valence-corrected chi connectivity index (χ3v) is 4.57. The Kier molecular flexibility index (Phi) is 11.2.